The van der Waals surface area contributed by atoms with E-state index in [1.54, 1.807) is 4.90 Å². The number of benzene rings is 1. The summed E-state index contributed by atoms with van der Waals surface area (Å²) in [5, 5.41) is 2.79. The minimum atomic E-state index is -0.583. The van der Waals surface area contributed by atoms with E-state index in [0.29, 0.717) is 19.0 Å². The molecule has 0 radical (unpaired) electrons. The smallest absolute Gasteiger partial charge is 0.339 e. The fourth-order valence-corrected chi connectivity index (χ4v) is 5.00. The van der Waals surface area contributed by atoms with Crippen molar-refractivity contribution in [2.75, 3.05) is 52.3 Å². The van der Waals surface area contributed by atoms with Gasteiger partial charge in [-0.05, 0) is 55.2 Å². The summed E-state index contributed by atoms with van der Waals surface area (Å²) in [4.78, 5) is 41.2. The van der Waals surface area contributed by atoms with Crippen LogP contribution in [-0.2, 0) is 9.47 Å². The second-order valence-corrected chi connectivity index (χ2v) is 9.27. The number of likely N-dealkylation sites (tertiary alicyclic amines) is 2. The lowest BCUT2D eigenvalue weighted by atomic mass is 9.89. The van der Waals surface area contributed by atoms with Gasteiger partial charge in [-0.3, -0.25) is 0 Å². The fraction of sp³-hybridized carbons (Fsp3) is 0.625. The third-order valence-electron chi connectivity index (χ3n) is 6.45. The van der Waals surface area contributed by atoms with E-state index >= 15 is 0 Å². The number of nitrogens with zero attached hydrogens (tertiary/aromatic N) is 2. The number of piperidine rings is 2. The van der Waals surface area contributed by atoms with Crippen LogP contribution in [0.3, 0.4) is 0 Å². The van der Waals surface area contributed by atoms with Crippen LogP contribution in [0.4, 0.5) is 10.5 Å². The maximum atomic E-state index is 12.9. The highest BCUT2D eigenvalue weighted by atomic mass is 16.5. The van der Waals surface area contributed by atoms with Gasteiger partial charge in [0.2, 0.25) is 0 Å². The van der Waals surface area contributed by atoms with Crippen molar-refractivity contribution in [2.45, 2.75) is 33.1 Å². The number of amides is 2. The predicted molar refractivity (Wildman–Crippen MR) is 122 cm³/mol. The molecule has 0 aromatic heterocycles. The molecule has 0 bridgehead atoms. The molecule has 2 fully saturated rings. The standard InChI is InChI=1S/C24H35N3O5/c1-16-11-17(2)14-26(13-16)15-18-7-9-27(10-8-18)24(30)25-21-12-19(22(28)31-3)5-6-20(21)23(29)32-4/h5-6,12,16-18H,7-11,13-15H2,1-4H3,(H,25,30)/t16-,17-/m0/s1. The lowest BCUT2D eigenvalue weighted by molar-refractivity contribution is 0.0587. The van der Waals surface area contributed by atoms with Crippen molar-refractivity contribution < 1.29 is 23.9 Å². The normalized spacial score (nSPS) is 22.3. The minimum Gasteiger partial charge on any atom is -0.465 e. The molecule has 176 valence electrons. The highest BCUT2D eigenvalue weighted by molar-refractivity contribution is 6.03. The van der Waals surface area contributed by atoms with Crippen molar-refractivity contribution in [3.05, 3.63) is 29.3 Å². The summed E-state index contributed by atoms with van der Waals surface area (Å²) in [6, 6.07) is 4.10. The largest absolute Gasteiger partial charge is 0.465 e. The molecule has 2 saturated heterocycles. The zero-order valence-electron chi connectivity index (χ0n) is 19.6. The molecule has 0 saturated carbocycles. The van der Waals surface area contributed by atoms with Crippen molar-refractivity contribution in [3.8, 4) is 0 Å². The molecule has 1 N–H and O–H groups in total. The van der Waals surface area contributed by atoms with Gasteiger partial charge in [0, 0.05) is 32.7 Å². The maximum Gasteiger partial charge on any atom is 0.339 e. The van der Waals surface area contributed by atoms with E-state index in [4.69, 9.17) is 9.47 Å². The molecule has 2 atom stereocenters. The van der Waals surface area contributed by atoms with E-state index in [1.165, 1.54) is 38.8 Å². The van der Waals surface area contributed by atoms with Crippen LogP contribution in [0.5, 0.6) is 0 Å². The Morgan fingerprint density at radius 3 is 2.22 bits per heavy atom. The molecule has 2 amide bonds. The highest BCUT2D eigenvalue weighted by Gasteiger charge is 2.28. The Hall–Kier alpha value is -2.61. The third kappa shape index (κ3) is 6.00. The molecule has 0 unspecified atom stereocenters. The monoisotopic (exact) mass is 445 g/mol. The van der Waals surface area contributed by atoms with Gasteiger partial charge in [-0.25, -0.2) is 14.4 Å². The van der Waals surface area contributed by atoms with Crippen LogP contribution in [-0.4, -0.2) is 74.7 Å². The lowest BCUT2D eigenvalue weighted by Crippen LogP contribution is -2.46. The van der Waals surface area contributed by atoms with Crippen molar-refractivity contribution >= 4 is 23.7 Å². The molecule has 2 aliphatic rings. The van der Waals surface area contributed by atoms with Crippen LogP contribution >= 0.6 is 0 Å². The molecule has 0 spiro atoms. The van der Waals surface area contributed by atoms with Crippen LogP contribution in [0.15, 0.2) is 18.2 Å². The number of urea groups is 1. The number of ether oxygens (including phenoxy) is 2. The number of nitrogens with one attached hydrogen (secondary N) is 1. The number of anilines is 1. The van der Waals surface area contributed by atoms with Gasteiger partial charge in [-0.15, -0.1) is 0 Å². The van der Waals surface area contributed by atoms with Gasteiger partial charge >= 0.3 is 18.0 Å². The molecule has 3 rings (SSSR count). The highest BCUT2D eigenvalue weighted by Crippen LogP contribution is 2.26. The first-order valence-corrected chi connectivity index (χ1v) is 11.4. The summed E-state index contributed by atoms with van der Waals surface area (Å²) in [7, 11) is 2.56. The van der Waals surface area contributed by atoms with Gasteiger partial charge in [-0.1, -0.05) is 13.8 Å². The SMILES string of the molecule is COC(=O)c1ccc(C(=O)OC)c(NC(=O)N2CCC(CN3C[C@@H](C)C[C@H](C)C3)CC2)c1. The van der Waals surface area contributed by atoms with E-state index in [9.17, 15) is 14.4 Å². The Morgan fingerprint density at radius 1 is 1.00 bits per heavy atom. The van der Waals surface area contributed by atoms with Gasteiger partial charge in [-0.2, -0.15) is 0 Å². The summed E-state index contributed by atoms with van der Waals surface area (Å²) in [5.74, 6) is 0.952. The summed E-state index contributed by atoms with van der Waals surface area (Å²) >= 11 is 0. The number of carbonyl (C=O) groups excluding carboxylic acids is 3. The number of esters is 2. The summed E-state index contributed by atoms with van der Waals surface area (Å²) in [5.41, 5.74) is 0.680. The number of rotatable bonds is 5. The average Bonchev–Trinajstić information content (AvgIpc) is 2.77. The van der Waals surface area contributed by atoms with E-state index in [0.717, 1.165) is 44.3 Å². The summed E-state index contributed by atoms with van der Waals surface area (Å²) in [6.45, 7) is 9.41. The van der Waals surface area contributed by atoms with E-state index in [-0.39, 0.29) is 22.8 Å². The molecule has 8 nitrogen and oxygen atoms in total. The van der Waals surface area contributed by atoms with E-state index in [1.807, 2.05) is 0 Å². The van der Waals surface area contributed by atoms with Gasteiger partial charge in [0.05, 0.1) is 31.0 Å². The molecule has 2 aliphatic heterocycles. The fourth-order valence-electron chi connectivity index (χ4n) is 5.00. The topological polar surface area (TPSA) is 88.2 Å². The molecular formula is C24H35N3O5. The Kier molecular flexibility index (Phi) is 8.12. The number of carbonyl (C=O) groups is 3. The van der Waals surface area contributed by atoms with Crippen LogP contribution in [0.25, 0.3) is 0 Å². The van der Waals surface area contributed by atoms with E-state index in [2.05, 4.69) is 24.1 Å². The first kappa shape index (κ1) is 24.0. The maximum absolute atomic E-state index is 12.9. The Morgan fingerprint density at radius 2 is 1.62 bits per heavy atom. The van der Waals surface area contributed by atoms with Crippen LogP contribution < -0.4 is 5.32 Å². The average molecular weight is 446 g/mol. The summed E-state index contributed by atoms with van der Waals surface area (Å²) in [6.07, 6.45) is 3.22. The Balaban J connectivity index is 1.59. The van der Waals surface area contributed by atoms with Gasteiger partial charge in [0.15, 0.2) is 0 Å². The Bertz CT molecular complexity index is 825. The zero-order valence-corrected chi connectivity index (χ0v) is 19.6. The van der Waals surface area contributed by atoms with Crippen LogP contribution in [0, 0.1) is 17.8 Å². The third-order valence-corrected chi connectivity index (χ3v) is 6.45. The lowest BCUT2D eigenvalue weighted by Gasteiger charge is -2.39. The minimum absolute atomic E-state index is 0.191. The van der Waals surface area contributed by atoms with Crippen LogP contribution in [0.1, 0.15) is 53.8 Å². The first-order chi connectivity index (χ1) is 15.3. The molecule has 0 aliphatic carbocycles. The zero-order chi connectivity index (χ0) is 23.3. The van der Waals surface area contributed by atoms with Gasteiger partial charge < -0.3 is 24.6 Å². The van der Waals surface area contributed by atoms with Crippen molar-refractivity contribution in [2.24, 2.45) is 17.8 Å². The van der Waals surface area contributed by atoms with Crippen molar-refractivity contribution in [1.29, 1.82) is 0 Å². The Labute approximate surface area is 190 Å². The van der Waals surface area contributed by atoms with Crippen molar-refractivity contribution in [3.63, 3.8) is 0 Å². The molecule has 1 aromatic rings. The molecular weight excluding hydrogens is 410 g/mol. The van der Waals surface area contributed by atoms with Crippen molar-refractivity contribution in [1.82, 2.24) is 9.80 Å². The van der Waals surface area contributed by atoms with Crippen LogP contribution in [0.2, 0.25) is 0 Å². The molecule has 32 heavy (non-hydrogen) atoms. The van der Waals surface area contributed by atoms with Gasteiger partial charge in [0.1, 0.15) is 0 Å². The number of hydrogen-bond donors (Lipinski definition) is 1. The summed E-state index contributed by atoms with van der Waals surface area (Å²) < 4.78 is 9.55. The number of hydrogen-bond acceptors (Lipinski definition) is 6. The second kappa shape index (κ2) is 10.8. The number of methoxy groups -OCH3 is 2. The quantitative estimate of drug-likeness (QED) is 0.698. The first-order valence-electron chi connectivity index (χ1n) is 11.4. The second-order valence-electron chi connectivity index (χ2n) is 9.27. The van der Waals surface area contributed by atoms with E-state index < -0.39 is 11.9 Å². The predicted octanol–water partition coefficient (Wildman–Crippen LogP) is 3.48. The molecule has 2 heterocycles. The van der Waals surface area contributed by atoms with Gasteiger partial charge in [0.25, 0.3) is 0 Å². The molecule has 1 aromatic carbocycles. The molecule has 8 heteroatoms.